The number of hydrogen-bond acceptors (Lipinski definition) is 4. The lowest BCUT2D eigenvalue weighted by atomic mass is 10.1. The lowest BCUT2D eigenvalue weighted by Crippen LogP contribution is -2.26. The SMILES string of the molecule is COC(=O)C(Cc1cccc(OCCCBr)c1)OC. The molecule has 1 aromatic carbocycles. The van der Waals surface area contributed by atoms with Crippen LogP contribution in [0.15, 0.2) is 24.3 Å². The first kappa shape index (κ1) is 16.0. The Morgan fingerprint density at radius 1 is 1.37 bits per heavy atom. The third-order valence-corrected chi connectivity index (χ3v) is 3.18. The van der Waals surface area contributed by atoms with E-state index in [0.29, 0.717) is 13.0 Å². The van der Waals surface area contributed by atoms with E-state index in [2.05, 4.69) is 20.7 Å². The Bertz CT molecular complexity index is 395. The summed E-state index contributed by atoms with van der Waals surface area (Å²) in [6, 6.07) is 7.66. The molecule has 19 heavy (non-hydrogen) atoms. The molecular formula is C14H19BrO4. The molecule has 0 heterocycles. The molecule has 0 saturated carbocycles. The number of esters is 1. The van der Waals surface area contributed by atoms with Crippen LogP contribution < -0.4 is 4.74 Å². The summed E-state index contributed by atoms with van der Waals surface area (Å²) in [6.45, 7) is 0.666. The third kappa shape index (κ3) is 5.61. The van der Waals surface area contributed by atoms with Crippen molar-refractivity contribution in [2.75, 3.05) is 26.2 Å². The number of hydrogen-bond donors (Lipinski definition) is 0. The fourth-order valence-corrected chi connectivity index (χ4v) is 1.84. The Hall–Kier alpha value is -1.07. The number of methoxy groups -OCH3 is 2. The molecule has 0 fully saturated rings. The molecule has 0 aromatic heterocycles. The minimum Gasteiger partial charge on any atom is -0.494 e. The van der Waals surface area contributed by atoms with Crippen LogP contribution in [0.1, 0.15) is 12.0 Å². The van der Waals surface area contributed by atoms with Gasteiger partial charge in [-0.1, -0.05) is 28.1 Å². The van der Waals surface area contributed by atoms with Crippen molar-refractivity contribution in [1.82, 2.24) is 0 Å². The number of carbonyl (C=O) groups is 1. The molecule has 0 radical (unpaired) electrons. The fraction of sp³-hybridized carbons (Fsp3) is 0.500. The Balaban J connectivity index is 2.62. The van der Waals surface area contributed by atoms with Crippen LogP contribution in [-0.4, -0.2) is 38.2 Å². The summed E-state index contributed by atoms with van der Waals surface area (Å²) in [4.78, 5) is 11.5. The van der Waals surface area contributed by atoms with Gasteiger partial charge in [0.2, 0.25) is 0 Å². The first-order chi connectivity index (χ1) is 9.21. The number of rotatable bonds is 8. The topological polar surface area (TPSA) is 44.8 Å². The van der Waals surface area contributed by atoms with Gasteiger partial charge >= 0.3 is 5.97 Å². The summed E-state index contributed by atoms with van der Waals surface area (Å²) in [6.07, 6.45) is 0.842. The van der Waals surface area contributed by atoms with Crippen LogP contribution >= 0.6 is 15.9 Å². The number of ether oxygens (including phenoxy) is 3. The Labute approximate surface area is 122 Å². The number of carbonyl (C=O) groups excluding carboxylic acids is 1. The predicted octanol–water partition coefficient (Wildman–Crippen LogP) is 2.58. The molecular weight excluding hydrogens is 312 g/mol. The van der Waals surface area contributed by atoms with Crippen molar-refractivity contribution in [1.29, 1.82) is 0 Å². The van der Waals surface area contributed by atoms with Gasteiger partial charge in [-0.15, -0.1) is 0 Å². The first-order valence-electron chi connectivity index (χ1n) is 6.09. The van der Waals surface area contributed by atoms with Gasteiger partial charge in [-0.05, 0) is 24.1 Å². The van der Waals surface area contributed by atoms with Crippen LogP contribution in [0.4, 0.5) is 0 Å². The molecule has 0 saturated heterocycles. The van der Waals surface area contributed by atoms with Crippen molar-refractivity contribution >= 4 is 21.9 Å². The van der Waals surface area contributed by atoms with E-state index < -0.39 is 6.10 Å². The minimum atomic E-state index is -0.581. The zero-order chi connectivity index (χ0) is 14.1. The summed E-state index contributed by atoms with van der Waals surface area (Å²) >= 11 is 3.36. The van der Waals surface area contributed by atoms with Gasteiger partial charge in [0.15, 0.2) is 6.10 Å². The van der Waals surface area contributed by atoms with E-state index >= 15 is 0 Å². The second kappa shape index (κ2) is 8.93. The quantitative estimate of drug-likeness (QED) is 0.417. The summed E-state index contributed by atoms with van der Waals surface area (Å²) in [7, 11) is 2.85. The van der Waals surface area contributed by atoms with E-state index in [4.69, 9.17) is 9.47 Å². The molecule has 0 amide bonds. The highest BCUT2D eigenvalue weighted by Gasteiger charge is 2.18. The molecule has 1 rings (SSSR count). The highest BCUT2D eigenvalue weighted by molar-refractivity contribution is 9.09. The summed E-state index contributed by atoms with van der Waals surface area (Å²) < 4.78 is 15.4. The second-order valence-corrected chi connectivity index (χ2v) is 4.78. The summed E-state index contributed by atoms with van der Waals surface area (Å²) in [5.41, 5.74) is 0.980. The first-order valence-corrected chi connectivity index (χ1v) is 7.21. The lowest BCUT2D eigenvalue weighted by Gasteiger charge is -2.13. The van der Waals surface area contributed by atoms with Crippen LogP contribution in [0, 0.1) is 0 Å². The maximum Gasteiger partial charge on any atom is 0.335 e. The molecule has 0 aliphatic carbocycles. The summed E-state index contributed by atoms with van der Waals surface area (Å²) in [5.74, 6) is 0.436. The lowest BCUT2D eigenvalue weighted by molar-refractivity contribution is -0.152. The van der Waals surface area contributed by atoms with Crippen LogP contribution in [0.25, 0.3) is 0 Å². The predicted molar refractivity (Wildman–Crippen MR) is 76.9 cm³/mol. The number of alkyl halides is 1. The number of benzene rings is 1. The zero-order valence-corrected chi connectivity index (χ0v) is 12.8. The van der Waals surface area contributed by atoms with Gasteiger partial charge in [-0.25, -0.2) is 4.79 Å². The average Bonchev–Trinajstić information content (AvgIpc) is 2.44. The van der Waals surface area contributed by atoms with Crippen LogP contribution in [0.2, 0.25) is 0 Å². The van der Waals surface area contributed by atoms with Gasteiger partial charge < -0.3 is 14.2 Å². The molecule has 5 heteroatoms. The minimum absolute atomic E-state index is 0.367. The third-order valence-electron chi connectivity index (χ3n) is 2.61. The van der Waals surface area contributed by atoms with E-state index in [-0.39, 0.29) is 5.97 Å². The fourth-order valence-electron chi connectivity index (χ4n) is 1.62. The Kier molecular flexibility index (Phi) is 7.52. The van der Waals surface area contributed by atoms with Crippen molar-refractivity contribution in [3.63, 3.8) is 0 Å². The van der Waals surface area contributed by atoms with Gasteiger partial charge in [0, 0.05) is 18.9 Å². The van der Waals surface area contributed by atoms with Gasteiger partial charge in [0.05, 0.1) is 13.7 Å². The molecule has 0 aliphatic rings. The molecule has 0 spiro atoms. The molecule has 4 nitrogen and oxygen atoms in total. The van der Waals surface area contributed by atoms with Crippen molar-refractivity contribution in [3.05, 3.63) is 29.8 Å². The monoisotopic (exact) mass is 330 g/mol. The zero-order valence-electron chi connectivity index (χ0n) is 11.2. The maximum atomic E-state index is 11.5. The second-order valence-electron chi connectivity index (χ2n) is 3.99. The summed E-state index contributed by atoms with van der Waals surface area (Å²) in [5, 5.41) is 0.917. The molecule has 106 valence electrons. The highest BCUT2D eigenvalue weighted by Crippen LogP contribution is 2.16. The molecule has 0 N–H and O–H groups in total. The molecule has 1 atom stereocenters. The molecule has 1 aromatic rings. The van der Waals surface area contributed by atoms with Crippen molar-refractivity contribution in [2.45, 2.75) is 18.9 Å². The van der Waals surface area contributed by atoms with E-state index in [1.54, 1.807) is 0 Å². The van der Waals surface area contributed by atoms with Crippen molar-refractivity contribution < 1.29 is 19.0 Å². The van der Waals surface area contributed by atoms with E-state index in [9.17, 15) is 4.79 Å². The highest BCUT2D eigenvalue weighted by atomic mass is 79.9. The van der Waals surface area contributed by atoms with Crippen molar-refractivity contribution in [3.8, 4) is 5.75 Å². The standard InChI is InChI=1S/C14H19BrO4/c1-17-13(14(16)18-2)10-11-5-3-6-12(9-11)19-8-4-7-15/h3,5-6,9,13H,4,7-8,10H2,1-2H3. The largest absolute Gasteiger partial charge is 0.494 e. The van der Waals surface area contributed by atoms with Gasteiger partial charge in [-0.2, -0.15) is 0 Å². The molecule has 1 unspecified atom stereocenters. The Morgan fingerprint density at radius 3 is 2.79 bits per heavy atom. The van der Waals surface area contributed by atoms with Gasteiger partial charge in [0.1, 0.15) is 5.75 Å². The normalized spacial score (nSPS) is 11.9. The maximum absolute atomic E-state index is 11.5. The van der Waals surface area contributed by atoms with E-state index in [1.165, 1.54) is 14.2 Å². The molecule has 0 aliphatic heterocycles. The van der Waals surface area contributed by atoms with Crippen molar-refractivity contribution in [2.24, 2.45) is 0 Å². The number of halogens is 1. The average molecular weight is 331 g/mol. The van der Waals surface area contributed by atoms with Crippen LogP contribution in [0.3, 0.4) is 0 Å². The molecule has 0 bridgehead atoms. The van der Waals surface area contributed by atoms with Gasteiger partial charge in [0.25, 0.3) is 0 Å². The van der Waals surface area contributed by atoms with E-state index in [1.807, 2.05) is 24.3 Å². The van der Waals surface area contributed by atoms with Gasteiger partial charge in [-0.3, -0.25) is 0 Å². The smallest absolute Gasteiger partial charge is 0.335 e. The van der Waals surface area contributed by atoms with E-state index in [0.717, 1.165) is 23.1 Å². The van der Waals surface area contributed by atoms with Crippen LogP contribution in [0.5, 0.6) is 5.75 Å². The Morgan fingerprint density at radius 2 is 2.16 bits per heavy atom. The van der Waals surface area contributed by atoms with Crippen LogP contribution in [-0.2, 0) is 20.7 Å².